The third kappa shape index (κ3) is 3.46. The smallest absolute Gasteiger partial charge is 0.388 e. The molecule has 3 N–H and O–H groups in total. The second-order valence-electron chi connectivity index (χ2n) is 5.35. The van der Waals surface area contributed by atoms with Crippen molar-refractivity contribution >= 4 is 5.91 Å². The van der Waals surface area contributed by atoms with Crippen LogP contribution in [0.25, 0.3) is 0 Å². The molecule has 0 aromatic rings. The van der Waals surface area contributed by atoms with Gasteiger partial charge in [0.25, 0.3) is 0 Å². The molecule has 0 saturated carbocycles. The van der Waals surface area contributed by atoms with Crippen LogP contribution >= 0.6 is 0 Å². The first kappa shape index (κ1) is 16.4. The number of carbonyl (C=O) groups excluding carboxylic acids is 1. The van der Waals surface area contributed by atoms with Crippen molar-refractivity contribution in [2.45, 2.75) is 56.5 Å². The maximum atomic E-state index is 12.2. The number of carbonyl (C=O) groups is 1. The molecule has 2 heterocycles. The van der Waals surface area contributed by atoms with Gasteiger partial charge in [0, 0.05) is 0 Å². The fourth-order valence-corrected chi connectivity index (χ4v) is 2.25. The summed E-state index contributed by atoms with van der Waals surface area (Å²) in [7, 11) is 0. The molecule has 21 heavy (non-hydrogen) atoms. The first-order valence-electron chi connectivity index (χ1n) is 6.22. The van der Waals surface area contributed by atoms with E-state index < -0.39 is 48.5 Å². The van der Waals surface area contributed by atoms with Gasteiger partial charge in [-0.25, -0.2) is 0 Å². The Kier molecular flexibility index (Phi) is 4.19. The molecule has 1 amide bonds. The molecule has 0 bridgehead atoms. The number of rotatable bonds is 1. The molecule has 122 valence electrons. The second-order valence-corrected chi connectivity index (χ2v) is 5.35. The van der Waals surface area contributed by atoms with E-state index in [1.54, 1.807) is 13.8 Å². The fraction of sp³-hybridized carbons (Fsp3) is 0.909. The minimum Gasteiger partial charge on any atom is -0.388 e. The van der Waals surface area contributed by atoms with Crippen molar-refractivity contribution in [1.29, 1.82) is 0 Å². The van der Waals surface area contributed by atoms with Crippen LogP contribution in [0.4, 0.5) is 13.2 Å². The maximum absolute atomic E-state index is 12.2. The lowest BCUT2D eigenvalue weighted by Crippen LogP contribution is -2.68. The number of fused-ring (bicyclic) bond motifs is 1. The predicted molar refractivity (Wildman–Crippen MR) is 59.8 cm³/mol. The normalized spacial score (nSPS) is 39.5. The van der Waals surface area contributed by atoms with E-state index in [2.05, 4.69) is 0 Å². The number of ether oxygens (including phenoxy) is 3. The van der Waals surface area contributed by atoms with Crippen molar-refractivity contribution in [3.05, 3.63) is 0 Å². The molecule has 2 fully saturated rings. The van der Waals surface area contributed by atoms with Gasteiger partial charge in [0.1, 0.15) is 24.4 Å². The number of hydrogen-bond acceptors (Lipinski definition) is 6. The first-order valence-corrected chi connectivity index (χ1v) is 6.22. The molecule has 2 aliphatic heterocycles. The van der Waals surface area contributed by atoms with Crippen molar-refractivity contribution in [1.82, 2.24) is 5.32 Å². The number of aliphatic hydroxyl groups excluding tert-OH is 2. The molecule has 0 spiro atoms. The maximum Gasteiger partial charge on any atom is 0.471 e. The highest BCUT2D eigenvalue weighted by molar-refractivity contribution is 5.82. The monoisotopic (exact) mass is 315 g/mol. The molecule has 0 radical (unpaired) electrons. The van der Waals surface area contributed by atoms with Crippen LogP contribution in [0.5, 0.6) is 0 Å². The summed E-state index contributed by atoms with van der Waals surface area (Å²) in [5.74, 6) is -3.34. The van der Waals surface area contributed by atoms with Crippen molar-refractivity contribution in [2.75, 3.05) is 6.61 Å². The summed E-state index contributed by atoms with van der Waals surface area (Å²) in [5, 5.41) is 21.2. The van der Waals surface area contributed by atoms with E-state index in [0.717, 1.165) is 0 Å². The van der Waals surface area contributed by atoms with Crippen LogP contribution in [0, 0.1) is 0 Å². The van der Waals surface area contributed by atoms with E-state index in [-0.39, 0.29) is 6.61 Å². The molecule has 0 aromatic heterocycles. The van der Waals surface area contributed by atoms with Gasteiger partial charge >= 0.3 is 12.1 Å². The Morgan fingerprint density at radius 3 is 2.52 bits per heavy atom. The summed E-state index contributed by atoms with van der Waals surface area (Å²) in [6.45, 7) is 3.11. The van der Waals surface area contributed by atoms with Crippen molar-refractivity contribution in [3.63, 3.8) is 0 Å². The van der Waals surface area contributed by atoms with Crippen LogP contribution in [0.2, 0.25) is 0 Å². The SMILES string of the molecule is CC1(C)OC[C@H]2O[C@H](O)[C@H](NC(=O)C(F)(F)F)[C@@H](O)[C@@H]2O1. The predicted octanol–water partition coefficient (Wildman–Crippen LogP) is -0.737. The number of halogens is 3. The van der Waals surface area contributed by atoms with E-state index in [4.69, 9.17) is 14.2 Å². The Labute approximate surface area is 118 Å². The van der Waals surface area contributed by atoms with Gasteiger partial charge in [0.15, 0.2) is 12.1 Å². The zero-order chi connectivity index (χ0) is 16.0. The van der Waals surface area contributed by atoms with Gasteiger partial charge in [0.2, 0.25) is 0 Å². The topological polar surface area (TPSA) is 97.2 Å². The third-order valence-corrected chi connectivity index (χ3v) is 3.26. The van der Waals surface area contributed by atoms with Gasteiger partial charge in [-0.2, -0.15) is 13.2 Å². The van der Waals surface area contributed by atoms with Gasteiger partial charge in [-0.15, -0.1) is 0 Å². The van der Waals surface area contributed by atoms with Crippen LogP contribution in [0.3, 0.4) is 0 Å². The van der Waals surface area contributed by atoms with E-state index in [9.17, 15) is 28.2 Å². The summed E-state index contributed by atoms with van der Waals surface area (Å²) in [4.78, 5) is 10.9. The minimum absolute atomic E-state index is 0.00821. The van der Waals surface area contributed by atoms with Crippen molar-refractivity contribution < 1.29 is 42.4 Å². The van der Waals surface area contributed by atoms with E-state index in [0.29, 0.717) is 0 Å². The van der Waals surface area contributed by atoms with Gasteiger partial charge in [-0.05, 0) is 13.8 Å². The van der Waals surface area contributed by atoms with Gasteiger partial charge in [-0.1, -0.05) is 0 Å². The average Bonchev–Trinajstić information content (AvgIpc) is 2.34. The molecule has 10 heteroatoms. The minimum atomic E-state index is -5.13. The molecule has 0 aliphatic carbocycles. The van der Waals surface area contributed by atoms with E-state index in [1.807, 2.05) is 0 Å². The van der Waals surface area contributed by atoms with Crippen LogP contribution in [-0.4, -0.2) is 65.3 Å². The lowest BCUT2D eigenvalue weighted by atomic mass is 9.95. The van der Waals surface area contributed by atoms with Gasteiger partial charge < -0.3 is 29.7 Å². The summed E-state index contributed by atoms with van der Waals surface area (Å²) in [5.41, 5.74) is 0. The van der Waals surface area contributed by atoms with Crippen molar-refractivity contribution in [2.24, 2.45) is 0 Å². The quantitative estimate of drug-likeness (QED) is 0.590. The molecule has 7 nitrogen and oxygen atoms in total. The van der Waals surface area contributed by atoms with Gasteiger partial charge in [-0.3, -0.25) is 4.79 Å². The summed E-state index contributed by atoms with van der Waals surface area (Å²) in [6.07, 6.45) is -10.4. The van der Waals surface area contributed by atoms with Crippen LogP contribution in [0.15, 0.2) is 0 Å². The zero-order valence-electron chi connectivity index (χ0n) is 11.3. The molecular weight excluding hydrogens is 299 g/mol. The Balaban J connectivity index is 2.11. The molecule has 2 saturated heterocycles. The highest BCUT2D eigenvalue weighted by atomic mass is 19.4. The summed E-state index contributed by atoms with van der Waals surface area (Å²) in [6, 6.07) is -1.66. The number of aliphatic hydroxyl groups is 2. The largest absolute Gasteiger partial charge is 0.471 e. The lowest BCUT2D eigenvalue weighted by molar-refractivity contribution is -0.364. The number of alkyl halides is 3. The van der Waals surface area contributed by atoms with Crippen LogP contribution < -0.4 is 5.32 Å². The molecular formula is C11H16F3NO6. The van der Waals surface area contributed by atoms with E-state index >= 15 is 0 Å². The Morgan fingerprint density at radius 2 is 1.95 bits per heavy atom. The standard InChI is InChI=1S/C11H16F3NO6/c1-10(2)19-3-4-7(21-10)6(16)5(8(17)20-4)15-9(18)11(12,13)14/h4-8,16-17H,3H2,1-2H3,(H,15,18)/t4-,5-,6-,7-,8+/m1/s1. The van der Waals surface area contributed by atoms with Gasteiger partial charge in [0.05, 0.1) is 6.61 Å². The molecule has 0 aromatic carbocycles. The average molecular weight is 315 g/mol. The number of amides is 1. The lowest BCUT2D eigenvalue weighted by Gasteiger charge is -2.48. The molecule has 5 atom stereocenters. The fourth-order valence-electron chi connectivity index (χ4n) is 2.25. The highest BCUT2D eigenvalue weighted by Gasteiger charge is 2.52. The molecule has 0 unspecified atom stereocenters. The summed E-state index contributed by atoms with van der Waals surface area (Å²) < 4.78 is 52.4. The van der Waals surface area contributed by atoms with Crippen molar-refractivity contribution in [3.8, 4) is 0 Å². The summed E-state index contributed by atoms with van der Waals surface area (Å²) >= 11 is 0. The van der Waals surface area contributed by atoms with E-state index in [1.165, 1.54) is 5.32 Å². The first-order chi connectivity index (χ1) is 9.51. The van der Waals surface area contributed by atoms with Crippen LogP contribution in [-0.2, 0) is 19.0 Å². The number of nitrogens with one attached hydrogen (secondary N) is 1. The molecule has 2 rings (SSSR count). The third-order valence-electron chi connectivity index (χ3n) is 3.26. The van der Waals surface area contributed by atoms with Crippen LogP contribution in [0.1, 0.15) is 13.8 Å². The number of hydrogen-bond donors (Lipinski definition) is 3. The Morgan fingerprint density at radius 1 is 1.33 bits per heavy atom. The Hall–Kier alpha value is -0.940. The highest BCUT2D eigenvalue weighted by Crippen LogP contribution is 2.32. The second kappa shape index (κ2) is 5.36. The zero-order valence-corrected chi connectivity index (χ0v) is 11.3. The molecule has 2 aliphatic rings. The Bertz CT molecular complexity index is 415.